The highest BCUT2D eigenvalue weighted by molar-refractivity contribution is 7.71. The predicted octanol–water partition coefficient (Wildman–Crippen LogP) is 4.16. The fraction of sp³-hybridized carbons (Fsp3) is 0.167. The molecule has 1 aromatic heterocycles. The molecule has 1 aromatic carbocycles. The lowest BCUT2D eigenvalue weighted by Gasteiger charge is -2.09. The minimum Gasteiger partial charge on any atom is -0.345 e. The van der Waals surface area contributed by atoms with Gasteiger partial charge < -0.3 is 4.98 Å². The van der Waals surface area contributed by atoms with Gasteiger partial charge in [-0.2, -0.15) is 0 Å². The summed E-state index contributed by atoms with van der Waals surface area (Å²) in [4.78, 5) is 7.05. The molecule has 5 heteroatoms. The van der Waals surface area contributed by atoms with Crippen LogP contribution in [0.25, 0.3) is 11.3 Å². The number of H-pyrrole nitrogens is 1. The molecule has 0 aliphatic heterocycles. The van der Waals surface area contributed by atoms with E-state index in [1.165, 1.54) is 18.5 Å². The highest BCUT2D eigenvalue weighted by Gasteiger charge is 2.10. The Hall–Kier alpha value is -1.26. The number of hydrogen-bond acceptors (Lipinski definition) is 2. The SMILES string of the molecule is CCc1c(-c2ccc(F)cc2Cl)[nH]cnc1=S. The van der Waals surface area contributed by atoms with Gasteiger partial charge in [0.05, 0.1) is 17.0 Å². The number of benzene rings is 1. The highest BCUT2D eigenvalue weighted by Crippen LogP contribution is 2.29. The fourth-order valence-electron chi connectivity index (χ4n) is 1.69. The van der Waals surface area contributed by atoms with Crippen LogP contribution in [0, 0.1) is 10.5 Å². The van der Waals surface area contributed by atoms with Gasteiger partial charge in [0.1, 0.15) is 10.5 Å². The Kier molecular flexibility index (Phi) is 3.54. The second-order valence-electron chi connectivity index (χ2n) is 3.54. The van der Waals surface area contributed by atoms with Crippen LogP contribution in [-0.2, 0) is 6.42 Å². The molecule has 1 heterocycles. The van der Waals surface area contributed by atoms with E-state index in [9.17, 15) is 4.39 Å². The molecule has 2 aromatic rings. The molecule has 0 spiro atoms. The molecule has 0 saturated heterocycles. The summed E-state index contributed by atoms with van der Waals surface area (Å²) in [6.07, 6.45) is 2.27. The Morgan fingerprint density at radius 2 is 2.24 bits per heavy atom. The summed E-state index contributed by atoms with van der Waals surface area (Å²) < 4.78 is 13.5. The molecular weight excluding hydrogens is 259 g/mol. The number of aromatic amines is 1. The minimum absolute atomic E-state index is 0.357. The molecule has 0 unspecified atom stereocenters. The van der Waals surface area contributed by atoms with E-state index in [1.54, 1.807) is 6.07 Å². The monoisotopic (exact) mass is 268 g/mol. The van der Waals surface area contributed by atoms with Crippen molar-refractivity contribution in [1.29, 1.82) is 0 Å². The first-order chi connectivity index (χ1) is 8.13. The van der Waals surface area contributed by atoms with Crippen molar-refractivity contribution in [2.75, 3.05) is 0 Å². The number of nitrogens with one attached hydrogen (secondary N) is 1. The van der Waals surface area contributed by atoms with Crippen LogP contribution in [0.2, 0.25) is 5.02 Å². The maximum atomic E-state index is 13.0. The molecule has 17 heavy (non-hydrogen) atoms. The Morgan fingerprint density at radius 1 is 1.47 bits per heavy atom. The third kappa shape index (κ3) is 2.37. The molecule has 0 saturated carbocycles. The van der Waals surface area contributed by atoms with Gasteiger partial charge in [-0.25, -0.2) is 9.37 Å². The fourth-order valence-corrected chi connectivity index (χ4v) is 2.25. The Bertz CT molecular complexity index is 610. The number of rotatable bonds is 2. The summed E-state index contributed by atoms with van der Waals surface area (Å²) in [7, 11) is 0. The summed E-state index contributed by atoms with van der Waals surface area (Å²) in [6, 6.07) is 4.29. The average Bonchev–Trinajstić information content (AvgIpc) is 2.29. The zero-order valence-corrected chi connectivity index (χ0v) is 10.7. The van der Waals surface area contributed by atoms with Crippen LogP contribution in [-0.4, -0.2) is 9.97 Å². The van der Waals surface area contributed by atoms with E-state index in [2.05, 4.69) is 9.97 Å². The standard InChI is InChI=1S/C12H10ClFN2S/c1-2-8-11(15-6-16-12(8)17)9-4-3-7(14)5-10(9)13/h3-6H,2H2,1H3,(H,15,16,17). The van der Waals surface area contributed by atoms with Crippen molar-refractivity contribution in [1.82, 2.24) is 9.97 Å². The van der Waals surface area contributed by atoms with Crippen LogP contribution >= 0.6 is 23.8 Å². The molecule has 0 bridgehead atoms. The highest BCUT2D eigenvalue weighted by atomic mass is 35.5. The third-order valence-electron chi connectivity index (χ3n) is 2.50. The summed E-state index contributed by atoms with van der Waals surface area (Å²) in [6.45, 7) is 1.99. The van der Waals surface area contributed by atoms with E-state index in [4.69, 9.17) is 23.8 Å². The van der Waals surface area contributed by atoms with Crippen molar-refractivity contribution in [2.45, 2.75) is 13.3 Å². The first-order valence-corrected chi connectivity index (χ1v) is 5.94. The van der Waals surface area contributed by atoms with E-state index in [1.807, 2.05) is 6.92 Å². The number of halogens is 2. The van der Waals surface area contributed by atoms with E-state index < -0.39 is 0 Å². The summed E-state index contributed by atoms with van der Waals surface area (Å²) in [5.74, 6) is -0.357. The molecule has 88 valence electrons. The topological polar surface area (TPSA) is 28.7 Å². The largest absolute Gasteiger partial charge is 0.345 e. The molecule has 0 fully saturated rings. The smallest absolute Gasteiger partial charge is 0.133 e. The average molecular weight is 269 g/mol. The second-order valence-corrected chi connectivity index (χ2v) is 4.33. The molecule has 0 atom stereocenters. The third-order valence-corrected chi connectivity index (χ3v) is 3.17. The normalized spacial score (nSPS) is 10.5. The zero-order valence-electron chi connectivity index (χ0n) is 9.13. The van der Waals surface area contributed by atoms with E-state index >= 15 is 0 Å². The van der Waals surface area contributed by atoms with E-state index in [-0.39, 0.29) is 5.82 Å². The Labute approximate surface area is 108 Å². The summed E-state index contributed by atoms with van der Waals surface area (Å²) in [5.41, 5.74) is 2.45. The van der Waals surface area contributed by atoms with Crippen molar-refractivity contribution in [3.63, 3.8) is 0 Å². The quantitative estimate of drug-likeness (QED) is 0.829. The number of nitrogens with zero attached hydrogens (tertiary/aromatic N) is 1. The van der Waals surface area contributed by atoms with E-state index in [0.29, 0.717) is 9.66 Å². The summed E-state index contributed by atoms with van der Waals surface area (Å²) in [5, 5.41) is 0.358. The first-order valence-electron chi connectivity index (χ1n) is 5.15. The molecule has 1 N–H and O–H groups in total. The lowest BCUT2D eigenvalue weighted by Crippen LogP contribution is -1.96. The predicted molar refractivity (Wildman–Crippen MR) is 69.2 cm³/mol. The van der Waals surface area contributed by atoms with Crippen LogP contribution in [0.3, 0.4) is 0 Å². The molecule has 2 rings (SSSR count). The number of aromatic nitrogens is 2. The van der Waals surface area contributed by atoms with Gasteiger partial charge in [-0.1, -0.05) is 30.7 Å². The molecular formula is C12H10ClFN2S. The van der Waals surface area contributed by atoms with Crippen molar-refractivity contribution >= 4 is 23.8 Å². The van der Waals surface area contributed by atoms with Crippen LogP contribution in [0.1, 0.15) is 12.5 Å². The van der Waals surface area contributed by atoms with Gasteiger partial charge in [-0.05, 0) is 24.6 Å². The lowest BCUT2D eigenvalue weighted by molar-refractivity contribution is 0.628. The Morgan fingerprint density at radius 3 is 2.88 bits per heavy atom. The molecule has 2 nitrogen and oxygen atoms in total. The maximum Gasteiger partial charge on any atom is 0.133 e. The van der Waals surface area contributed by atoms with Gasteiger partial charge in [0.2, 0.25) is 0 Å². The van der Waals surface area contributed by atoms with Crippen molar-refractivity contribution in [2.24, 2.45) is 0 Å². The van der Waals surface area contributed by atoms with Crippen molar-refractivity contribution < 1.29 is 4.39 Å². The van der Waals surface area contributed by atoms with Crippen LogP contribution in [0.5, 0.6) is 0 Å². The van der Waals surface area contributed by atoms with Gasteiger partial charge in [0, 0.05) is 11.1 Å². The molecule has 0 aliphatic carbocycles. The lowest BCUT2D eigenvalue weighted by atomic mass is 10.1. The van der Waals surface area contributed by atoms with Gasteiger partial charge in [0.15, 0.2) is 0 Å². The number of hydrogen-bond donors (Lipinski definition) is 1. The minimum atomic E-state index is -0.357. The van der Waals surface area contributed by atoms with Crippen LogP contribution in [0.4, 0.5) is 4.39 Å². The van der Waals surface area contributed by atoms with Crippen molar-refractivity contribution in [3.8, 4) is 11.3 Å². The van der Waals surface area contributed by atoms with Gasteiger partial charge in [0.25, 0.3) is 0 Å². The molecule has 0 amide bonds. The van der Waals surface area contributed by atoms with Crippen LogP contribution < -0.4 is 0 Å². The Balaban J connectivity index is 2.68. The second kappa shape index (κ2) is 4.94. The zero-order chi connectivity index (χ0) is 12.4. The molecule has 0 radical (unpaired) electrons. The molecule has 0 aliphatic rings. The summed E-state index contributed by atoms with van der Waals surface area (Å²) >= 11 is 11.2. The van der Waals surface area contributed by atoms with Gasteiger partial charge in [-0.15, -0.1) is 0 Å². The van der Waals surface area contributed by atoms with Crippen molar-refractivity contribution in [3.05, 3.63) is 45.6 Å². The maximum absolute atomic E-state index is 13.0. The first kappa shape index (κ1) is 12.2. The van der Waals surface area contributed by atoms with E-state index in [0.717, 1.165) is 23.2 Å². The van der Waals surface area contributed by atoms with Gasteiger partial charge in [-0.3, -0.25) is 0 Å². The van der Waals surface area contributed by atoms with Crippen LogP contribution in [0.15, 0.2) is 24.5 Å². The van der Waals surface area contributed by atoms with Gasteiger partial charge >= 0.3 is 0 Å².